The number of aliphatic hydroxyl groups excluding tert-OH is 1. The third-order valence-electron chi connectivity index (χ3n) is 2.97. The van der Waals surface area contributed by atoms with E-state index in [1.165, 1.54) is 7.11 Å². The van der Waals surface area contributed by atoms with Crippen LogP contribution in [0.4, 0.5) is 11.8 Å². The van der Waals surface area contributed by atoms with E-state index in [1.807, 2.05) is 4.90 Å². The van der Waals surface area contributed by atoms with Crippen LogP contribution in [0.3, 0.4) is 0 Å². The fourth-order valence-electron chi connectivity index (χ4n) is 1.98. The molecule has 0 radical (unpaired) electrons. The van der Waals surface area contributed by atoms with Crippen LogP contribution in [-0.2, 0) is 9.47 Å². The van der Waals surface area contributed by atoms with Crippen molar-refractivity contribution in [3.63, 3.8) is 0 Å². The molecule has 0 aliphatic carbocycles. The van der Waals surface area contributed by atoms with Crippen molar-refractivity contribution in [3.05, 3.63) is 5.15 Å². The molecule has 1 aromatic rings. The Hall–Kier alpha value is -1.22. The van der Waals surface area contributed by atoms with Gasteiger partial charge in [0.25, 0.3) is 0 Å². The standard InChI is InChI=1S/C11H18ClN5O3/c1-19-5-7(18)6-20-8-2-3-17(4-8)11-14-10(13)9(12)15-16-11/h7-8,18H,2-6H2,1H3,(H2,13,14,16)/t7-,8?/m1/s1. The highest BCUT2D eigenvalue weighted by Gasteiger charge is 2.26. The highest BCUT2D eigenvalue weighted by Crippen LogP contribution is 2.20. The zero-order valence-electron chi connectivity index (χ0n) is 11.2. The maximum absolute atomic E-state index is 9.53. The quantitative estimate of drug-likeness (QED) is 0.738. The molecular weight excluding hydrogens is 286 g/mol. The first-order chi connectivity index (χ1) is 9.60. The van der Waals surface area contributed by atoms with Gasteiger partial charge in [0, 0.05) is 20.2 Å². The highest BCUT2D eigenvalue weighted by atomic mass is 35.5. The lowest BCUT2D eigenvalue weighted by Gasteiger charge is -2.17. The minimum absolute atomic E-state index is 0.0157. The SMILES string of the molecule is COC[C@@H](O)COC1CCN(c2nnc(Cl)c(N)n2)C1. The number of aliphatic hydroxyl groups is 1. The number of nitrogens with zero attached hydrogens (tertiary/aromatic N) is 4. The maximum atomic E-state index is 9.53. The zero-order chi connectivity index (χ0) is 14.5. The van der Waals surface area contributed by atoms with E-state index in [2.05, 4.69) is 15.2 Å². The van der Waals surface area contributed by atoms with Crippen molar-refractivity contribution in [1.29, 1.82) is 0 Å². The van der Waals surface area contributed by atoms with Gasteiger partial charge in [0.05, 0.1) is 19.3 Å². The summed E-state index contributed by atoms with van der Waals surface area (Å²) in [5.41, 5.74) is 5.60. The lowest BCUT2D eigenvalue weighted by molar-refractivity contribution is -0.0298. The van der Waals surface area contributed by atoms with Crippen molar-refractivity contribution >= 4 is 23.4 Å². The molecule has 0 bridgehead atoms. The Morgan fingerprint density at radius 2 is 2.30 bits per heavy atom. The molecule has 0 aromatic carbocycles. The number of hydrogen-bond donors (Lipinski definition) is 2. The van der Waals surface area contributed by atoms with E-state index in [0.717, 1.165) is 13.0 Å². The molecule has 20 heavy (non-hydrogen) atoms. The van der Waals surface area contributed by atoms with Crippen molar-refractivity contribution in [1.82, 2.24) is 15.2 Å². The Morgan fingerprint density at radius 1 is 1.50 bits per heavy atom. The second kappa shape index (κ2) is 6.98. The van der Waals surface area contributed by atoms with E-state index in [1.54, 1.807) is 0 Å². The molecular formula is C11H18ClN5O3. The molecule has 2 heterocycles. The second-order valence-electron chi connectivity index (χ2n) is 4.59. The predicted octanol–water partition coefficient (Wildman–Crippen LogP) is -0.290. The summed E-state index contributed by atoms with van der Waals surface area (Å²) < 4.78 is 10.5. The largest absolute Gasteiger partial charge is 0.388 e. The molecule has 1 aromatic heterocycles. The van der Waals surface area contributed by atoms with Gasteiger partial charge in [-0.3, -0.25) is 0 Å². The molecule has 0 amide bonds. The molecule has 0 spiro atoms. The van der Waals surface area contributed by atoms with E-state index in [0.29, 0.717) is 12.5 Å². The van der Waals surface area contributed by atoms with Crippen LogP contribution in [-0.4, -0.2) is 65.9 Å². The summed E-state index contributed by atoms with van der Waals surface area (Å²) in [6.45, 7) is 1.88. The van der Waals surface area contributed by atoms with Crippen molar-refractivity contribution in [3.8, 4) is 0 Å². The maximum Gasteiger partial charge on any atom is 0.247 e. The zero-order valence-corrected chi connectivity index (χ0v) is 12.0. The number of halogens is 1. The van der Waals surface area contributed by atoms with Crippen LogP contribution in [0.2, 0.25) is 5.15 Å². The molecule has 3 N–H and O–H groups in total. The third-order valence-corrected chi connectivity index (χ3v) is 3.24. The lowest BCUT2D eigenvalue weighted by Crippen LogP contribution is -2.28. The first-order valence-electron chi connectivity index (χ1n) is 6.29. The van der Waals surface area contributed by atoms with Crippen LogP contribution < -0.4 is 10.6 Å². The van der Waals surface area contributed by atoms with E-state index in [-0.39, 0.29) is 30.3 Å². The summed E-state index contributed by atoms with van der Waals surface area (Å²) in [6.07, 6.45) is 0.228. The highest BCUT2D eigenvalue weighted by molar-refractivity contribution is 6.31. The number of hydrogen-bond acceptors (Lipinski definition) is 8. The van der Waals surface area contributed by atoms with Crippen LogP contribution in [0.25, 0.3) is 0 Å². The molecule has 8 nitrogen and oxygen atoms in total. The number of methoxy groups -OCH3 is 1. The number of aromatic nitrogens is 3. The van der Waals surface area contributed by atoms with Gasteiger partial charge in [-0.2, -0.15) is 4.98 Å². The number of ether oxygens (including phenoxy) is 2. The molecule has 9 heteroatoms. The fraction of sp³-hybridized carbons (Fsp3) is 0.727. The molecule has 112 valence electrons. The van der Waals surface area contributed by atoms with Crippen LogP contribution in [0, 0.1) is 0 Å². The van der Waals surface area contributed by atoms with Crippen molar-refractivity contribution in [2.45, 2.75) is 18.6 Å². The van der Waals surface area contributed by atoms with E-state index >= 15 is 0 Å². The summed E-state index contributed by atoms with van der Waals surface area (Å²) >= 11 is 5.69. The van der Waals surface area contributed by atoms with Gasteiger partial charge in [-0.15, -0.1) is 10.2 Å². The van der Waals surface area contributed by atoms with E-state index in [9.17, 15) is 5.11 Å². The van der Waals surface area contributed by atoms with E-state index < -0.39 is 6.10 Å². The number of nitrogens with two attached hydrogens (primary N) is 1. The Bertz CT molecular complexity index is 450. The number of rotatable bonds is 6. The van der Waals surface area contributed by atoms with E-state index in [4.69, 9.17) is 26.8 Å². The molecule has 0 saturated carbocycles. The molecule has 1 unspecified atom stereocenters. The average Bonchev–Trinajstić information content (AvgIpc) is 2.89. The number of nitrogen functional groups attached to an aromatic ring is 1. The number of anilines is 2. The Balaban J connectivity index is 1.84. The van der Waals surface area contributed by atoms with Crippen LogP contribution in [0.15, 0.2) is 0 Å². The minimum atomic E-state index is -0.613. The first kappa shape index (κ1) is 15.2. The molecule has 1 aliphatic heterocycles. The van der Waals surface area contributed by atoms with Crippen molar-refractivity contribution < 1.29 is 14.6 Å². The van der Waals surface area contributed by atoms with Crippen LogP contribution in [0.5, 0.6) is 0 Å². The third kappa shape index (κ3) is 3.89. The Morgan fingerprint density at radius 3 is 3.00 bits per heavy atom. The summed E-state index contributed by atoms with van der Waals surface area (Å²) in [6, 6.07) is 0. The fourth-order valence-corrected chi connectivity index (χ4v) is 2.06. The second-order valence-corrected chi connectivity index (χ2v) is 4.95. The smallest absolute Gasteiger partial charge is 0.247 e. The van der Waals surface area contributed by atoms with Crippen molar-refractivity contribution in [2.75, 3.05) is 44.0 Å². The molecule has 1 fully saturated rings. The van der Waals surface area contributed by atoms with Crippen LogP contribution >= 0.6 is 11.6 Å². The molecule has 2 rings (SSSR count). The predicted molar refractivity (Wildman–Crippen MR) is 73.7 cm³/mol. The van der Waals surface area contributed by atoms with Gasteiger partial charge in [-0.1, -0.05) is 11.6 Å². The van der Waals surface area contributed by atoms with Gasteiger partial charge in [-0.05, 0) is 6.42 Å². The normalized spacial score (nSPS) is 20.4. The van der Waals surface area contributed by atoms with Crippen LogP contribution in [0.1, 0.15) is 6.42 Å². The molecule has 1 saturated heterocycles. The van der Waals surface area contributed by atoms with Gasteiger partial charge >= 0.3 is 0 Å². The average molecular weight is 304 g/mol. The van der Waals surface area contributed by atoms with Crippen molar-refractivity contribution in [2.24, 2.45) is 0 Å². The Labute approximate surface area is 121 Å². The summed E-state index contributed by atoms with van der Waals surface area (Å²) in [5, 5.41) is 17.3. The topological polar surface area (TPSA) is 107 Å². The summed E-state index contributed by atoms with van der Waals surface area (Å²) in [7, 11) is 1.54. The summed E-state index contributed by atoms with van der Waals surface area (Å²) in [4.78, 5) is 6.01. The lowest BCUT2D eigenvalue weighted by atomic mass is 10.3. The first-order valence-corrected chi connectivity index (χ1v) is 6.67. The minimum Gasteiger partial charge on any atom is -0.388 e. The van der Waals surface area contributed by atoms with Gasteiger partial charge < -0.3 is 25.2 Å². The van der Waals surface area contributed by atoms with Gasteiger partial charge in [0.15, 0.2) is 11.0 Å². The Kier molecular flexibility index (Phi) is 5.30. The summed E-state index contributed by atoms with van der Waals surface area (Å²) in [5.74, 6) is 0.604. The monoisotopic (exact) mass is 303 g/mol. The van der Waals surface area contributed by atoms with Gasteiger partial charge in [0.1, 0.15) is 6.10 Å². The van der Waals surface area contributed by atoms with Gasteiger partial charge in [-0.25, -0.2) is 0 Å². The molecule has 2 atom stereocenters. The molecule has 1 aliphatic rings. The van der Waals surface area contributed by atoms with Gasteiger partial charge in [0.2, 0.25) is 5.95 Å².